The van der Waals surface area contributed by atoms with Crippen LogP contribution in [0.2, 0.25) is 0 Å². The summed E-state index contributed by atoms with van der Waals surface area (Å²) >= 11 is 0. The molecule has 21 heavy (non-hydrogen) atoms. The van der Waals surface area contributed by atoms with E-state index in [0.29, 0.717) is 5.75 Å². The molecule has 0 heterocycles. The second kappa shape index (κ2) is 7.67. The third-order valence-corrected chi connectivity index (χ3v) is 3.82. The number of hydrogen-bond acceptors (Lipinski definition) is 3. The molecule has 0 unspecified atom stereocenters. The smallest absolute Gasteiger partial charge is 0.258 e. The summed E-state index contributed by atoms with van der Waals surface area (Å²) in [7, 11) is 1.66. The summed E-state index contributed by atoms with van der Waals surface area (Å²) < 4.78 is 5.41. The summed E-state index contributed by atoms with van der Waals surface area (Å²) in [5.41, 5.74) is 0. The zero-order valence-corrected chi connectivity index (χ0v) is 12.3. The molecule has 114 valence electrons. The second-order valence-corrected chi connectivity index (χ2v) is 5.33. The largest absolute Gasteiger partial charge is 0.484 e. The van der Waals surface area contributed by atoms with Crippen LogP contribution in [0.5, 0.6) is 5.75 Å². The molecule has 0 radical (unpaired) electrons. The topological polar surface area (TPSA) is 67.4 Å². The van der Waals surface area contributed by atoms with Gasteiger partial charge in [-0.2, -0.15) is 0 Å². The Hall–Kier alpha value is -2.04. The SMILES string of the molecule is CNC(=O)C1CCC(NC(=O)COc2ccccc2)CC1. The monoisotopic (exact) mass is 290 g/mol. The van der Waals surface area contributed by atoms with E-state index < -0.39 is 0 Å². The molecule has 5 nitrogen and oxygen atoms in total. The maximum absolute atomic E-state index is 11.8. The summed E-state index contributed by atoms with van der Waals surface area (Å²) in [6.07, 6.45) is 3.33. The van der Waals surface area contributed by atoms with Gasteiger partial charge in [-0.25, -0.2) is 0 Å². The van der Waals surface area contributed by atoms with Gasteiger partial charge in [0.2, 0.25) is 5.91 Å². The van der Waals surface area contributed by atoms with Crippen LogP contribution in [-0.4, -0.2) is 31.5 Å². The Balaban J connectivity index is 1.68. The van der Waals surface area contributed by atoms with Gasteiger partial charge < -0.3 is 15.4 Å². The molecule has 0 atom stereocenters. The lowest BCUT2D eigenvalue weighted by atomic mass is 9.85. The Kier molecular flexibility index (Phi) is 5.60. The van der Waals surface area contributed by atoms with Gasteiger partial charge in [0.15, 0.2) is 6.61 Å². The normalized spacial score (nSPS) is 21.4. The molecule has 5 heteroatoms. The lowest BCUT2D eigenvalue weighted by molar-refractivity contribution is -0.125. The second-order valence-electron chi connectivity index (χ2n) is 5.33. The van der Waals surface area contributed by atoms with Gasteiger partial charge in [0.25, 0.3) is 5.91 Å². The quantitative estimate of drug-likeness (QED) is 0.863. The van der Waals surface area contributed by atoms with Crippen LogP contribution in [0.4, 0.5) is 0 Å². The van der Waals surface area contributed by atoms with Gasteiger partial charge >= 0.3 is 0 Å². The molecule has 1 aliphatic rings. The molecule has 1 aromatic carbocycles. The standard InChI is InChI=1S/C16H22N2O3/c1-17-16(20)12-7-9-13(10-8-12)18-15(19)11-21-14-5-3-2-4-6-14/h2-6,12-13H,7-11H2,1H3,(H,17,20)(H,18,19). The molecule has 0 spiro atoms. The van der Waals surface area contributed by atoms with Crippen LogP contribution < -0.4 is 15.4 Å². The van der Waals surface area contributed by atoms with Gasteiger partial charge in [0.1, 0.15) is 5.75 Å². The number of ether oxygens (including phenoxy) is 1. The van der Waals surface area contributed by atoms with E-state index in [9.17, 15) is 9.59 Å². The van der Waals surface area contributed by atoms with Gasteiger partial charge in [-0.3, -0.25) is 9.59 Å². The van der Waals surface area contributed by atoms with Crippen molar-refractivity contribution in [3.8, 4) is 5.75 Å². The first-order chi connectivity index (χ1) is 10.2. The van der Waals surface area contributed by atoms with Crippen molar-refractivity contribution in [2.75, 3.05) is 13.7 Å². The summed E-state index contributed by atoms with van der Waals surface area (Å²) in [6, 6.07) is 9.43. The summed E-state index contributed by atoms with van der Waals surface area (Å²) in [6.45, 7) is 0.0272. The van der Waals surface area contributed by atoms with E-state index in [2.05, 4.69) is 10.6 Å². The molecule has 1 fully saturated rings. The summed E-state index contributed by atoms with van der Waals surface area (Å²) in [4.78, 5) is 23.4. The zero-order chi connectivity index (χ0) is 15.1. The maximum atomic E-state index is 11.8. The number of amides is 2. The maximum Gasteiger partial charge on any atom is 0.258 e. The predicted molar refractivity (Wildman–Crippen MR) is 79.9 cm³/mol. The first-order valence-electron chi connectivity index (χ1n) is 7.38. The minimum absolute atomic E-state index is 0.0272. The number of carbonyl (C=O) groups is 2. The zero-order valence-electron chi connectivity index (χ0n) is 12.3. The van der Waals surface area contributed by atoms with Crippen LogP contribution in [0.1, 0.15) is 25.7 Å². The van der Waals surface area contributed by atoms with Crippen molar-refractivity contribution in [1.82, 2.24) is 10.6 Å². The molecular weight excluding hydrogens is 268 g/mol. The molecule has 0 aromatic heterocycles. The Morgan fingerprint density at radius 1 is 1.14 bits per heavy atom. The van der Waals surface area contributed by atoms with Gasteiger partial charge in [-0.05, 0) is 37.8 Å². The van der Waals surface area contributed by atoms with Crippen LogP contribution >= 0.6 is 0 Å². The van der Waals surface area contributed by atoms with Crippen molar-refractivity contribution < 1.29 is 14.3 Å². The fourth-order valence-electron chi connectivity index (χ4n) is 2.64. The molecular formula is C16H22N2O3. The number of nitrogens with one attached hydrogen (secondary N) is 2. The first-order valence-corrected chi connectivity index (χ1v) is 7.38. The molecule has 2 amide bonds. The van der Waals surface area contributed by atoms with Gasteiger partial charge in [0.05, 0.1) is 0 Å². The van der Waals surface area contributed by atoms with Crippen LogP contribution in [-0.2, 0) is 9.59 Å². The highest BCUT2D eigenvalue weighted by atomic mass is 16.5. The highest BCUT2D eigenvalue weighted by Crippen LogP contribution is 2.24. The number of carbonyl (C=O) groups excluding carboxylic acids is 2. The van der Waals surface area contributed by atoms with Crippen LogP contribution in [0.15, 0.2) is 30.3 Å². The number of para-hydroxylation sites is 1. The van der Waals surface area contributed by atoms with Crippen LogP contribution in [0.25, 0.3) is 0 Å². The highest BCUT2D eigenvalue weighted by Gasteiger charge is 2.26. The van der Waals surface area contributed by atoms with E-state index >= 15 is 0 Å². The molecule has 1 aliphatic carbocycles. The Labute approximate surface area is 125 Å². The fourth-order valence-corrected chi connectivity index (χ4v) is 2.64. The molecule has 0 aliphatic heterocycles. The number of benzene rings is 1. The minimum atomic E-state index is -0.109. The van der Waals surface area contributed by atoms with Crippen molar-refractivity contribution in [2.24, 2.45) is 5.92 Å². The van der Waals surface area contributed by atoms with Gasteiger partial charge in [-0.15, -0.1) is 0 Å². The molecule has 0 bridgehead atoms. The highest BCUT2D eigenvalue weighted by molar-refractivity contribution is 5.79. The lowest BCUT2D eigenvalue weighted by Gasteiger charge is -2.28. The predicted octanol–water partition coefficient (Wildman–Crippen LogP) is 1.49. The third kappa shape index (κ3) is 4.77. The van der Waals surface area contributed by atoms with Gasteiger partial charge in [-0.1, -0.05) is 18.2 Å². The fraction of sp³-hybridized carbons (Fsp3) is 0.500. The molecule has 1 saturated carbocycles. The molecule has 2 N–H and O–H groups in total. The summed E-state index contributed by atoms with van der Waals surface area (Å²) in [5, 5.41) is 5.65. The third-order valence-electron chi connectivity index (χ3n) is 3.82. The molecule has 2 rings (SSSR count). The number of rotatable bonds is 5. The Bertz CT molecular complexity index is 468. The van der Waals surface area contributed by atoms with Crippen molar-refractivity contribution >= 4 is 11.8 Å². The van der Waals surface area contributed by atoms with E-state index in [1.165, 1.54) is 0 Å². The number of hydrogen-bond donors (Lipinski definition) is 2. The molecule has 1 aromatic rings. The Morgan fingerprint density at radius 2 is 1.81 bits per heavy atom. The average Bonchev–Trinajstić information content (AvgIpc) is 2.54. The van der Waals surface area contributed by atoms with Crippen molar-refractivity contribution in [2.45, 2.75) is 31.7 Å². The van der Waals surface area contributed by atoms with Crippen LogP contribution in [0, 0.1) is 5.92 Å². The van der Waals surface area contributed by atoms with E-state index in [1.807, 2.05) is 30.3 Å². The first kappa shape index (κ1) is 15.4. The minimum Gasteiger partial charge on any atom is -0.484 e. The Morgan fingerprint density at radius 3 is 2.43 bits per heavy atom. The van der Waals surface area contributed by atoms with E-state index in [-0.39, 0.29) is 30.4 Å². The van der Waals surface area contributed by atoms with Crippen molar-refractivity contribution in [3.63, 3.8) is 0 Å². The van der Waals surface area contributed by atoms with E-state index in [4.69, 9.17) is 4.74 Å². The van der Waals surface area contributed by atoms with E-state index in [1.54, 1.807) is 7.05 Å². The van der Waals surface area contributed by atoms with Crippen molar-refractivity contribution in [3.05, 3.63) is 30.3 Å². The summed E-state index contributed by atoms with van der Waals surface area (Å²) in [5.74, 6) is 0.772. The molecule has 0 saturated heterocycles. The van der Waals surface area contributed by atoms with Gasteiger partial charge in [0, 0.05) is 19.0 Å². The van der Waals surface area contributed by atoms with Crippen LogP contribution in [0.3, 0.4) is 0 Å². The lowest BCUT2D eigenvalue weighted by Crippen LogP contribution is -2.42. The average molecular weight is 290 g/mol. The van der Waals surface area contributed by atoms with Crippen molar-refractivity contribution in [1.29, 1.82) is 0 Å². The van der Waals surface area contributed by atoms with E-state index in [0.717, 1.165) is 25.7 Å².